The van der Waals surface area contributed by atoms with Crippen molar-refractivity contribution in [3.63, 3.8) is 0 Å². The van der Waals surface area contributed by atoms with Crippen LogP contribution >= 0.6 is 0 Å². The standard InChI is InChI=1S/C18H20GeN2/c1-13-5-10-16-17(11-13)20-12-21-18(16)14-6-8-15(9-7-14)19(2,3)4/h5-12H,1-4H3. The fraction of sp³-hybridized carbons (Fsp3) is 0.222. The summed E-state index contributed by atoms with van der Waals surface area (Å²) in [5.74, 6) is 7.24. The molecule has 106 valence electrons. The van der Waals surface area contributed by atoms with Crippen molar-refractivity contribution in [1.29, 1.82) is 0 Å². The third kappa shape index (κ3) is 2.86. The fourth-order valence-corrected chi connectivity index (χ4v) is 4.97. The zero-order valence-electron chi connectivity index (χ0n) is 13.0. The monoisotopic (exact) mass is 338 g/mol. The van der Waals surface area contributed by atoms with Gasteiger partial charge in [-0.15, -0.1) is 0 Å². The summed E-state index contributed by atoms with van der Waals surface area (Å²) in [6.45, 7) is 2.09. The maximum atomic E-state index is 4.50. The summed E-state index contributed by atoms with van der Waals surface area (Å²) in [5.41, 5.74) is 4.43. The van der Waals surface area contributed by atoms with E-state index in [1.54, 1.807) is 6.33 Å². The van der Waals surface area contributed by atoms with E-state index in [1.165, 1.54) is 15.5 Å². The zero-order valence-corrected chi connectivity index (χ0v) is 15.1. The van der Waals surface area contributed by atoms with E-state index < -0.39 is 13.3 Å². The van der Waals surface area contributed by atoms with Gasteiger partial charge < -0.3 is 0 Å². The number of rotatable bonds is 2. The first kappa shape index (κ1) is 14.3. The number of nitrogens with zero attached hydrogens (tertiary/aromatic N) is 2. The number of fused-ring (bicyclic) bond motifs is 1. The first-order valence-electron chi connectivity index (χ1n) is 7.27. The van der Waals surface area contributed by atoms with Gasteiger partial charge in [0.2, 0.25) is 0 Å². The number of hydrogen-bond acceptors (Lipinski definition) is 2. The average molecular weight is 337 g/mol. The minimum atomic E-state index is -1.75. The first-order valence-corrected chi connectivity index (χ1v) is 14.6. The molecule has 2 aromatic carbocycles. The Morgan fingerprint density at radius 2 is 1.57 bits per heavy atom. The molecule has 0 saturated heterocycles. The molecular formula is C18H20GeN2. The Balaban J connectivity index is 2.12. The minimum absolute atomic E-state index is 1.01. The van der Waals surface area contributed by atoms with Crippen LogP contribution in [0.2, 0.25) is 17.3 Å². The predicted molar refractivity (Wildman–Crippen MR) is 92.7 cm³/mol. The van der Waals surface area contributed by atoms with E-state index >= 15 is 0 Å². The van der Waals surface area contributed by atoms with Crippen molar-refractivity contribution < 1.29 is 0 Å². The molecule has 0 amide bonds. The second-order valence-corrected chi connectivity index (χ2v) is 17.2. The van der Waals surface area contributed by atoms with E-state index in [2.05, 4.69) is 76.6 Å². The molecule has 1 aromatic heterocycles. The normalized spacial score (nSPS) is 11.8. The molecule has 0 aliphatic heterocycles. The van der Waals surface area contributed by atoms with Gasteiger partial charge in [0, 0.05) is 0 Å². The second-order valence-electron chi connectivity index (χ2n) is 6.57. The predicted octanol–water partition coefficient (Wildman–Crippen LogP) is 4.15. The van der Waals surface area contributed by atoms with Gasteiger partial charge in [-0.2, -0.15) is 0 Å². The Labute approximate surface area is 128 Å². The van der Waals surface area contributed by atoms with Gasteiger partial charge >= 0.3 is 128 Å². The van der Waals surface area contributed by atoms with Gasteiger partial charge in [-0.05, 0) is 0 Å². The topological polar surface area (TPSA) is 25.8 Å². The molecule has 1 heterocycles. The van der Waals surface area contributed by atoms with Gasteiger partial charge in [0.05, 0.1) is 0 Å². The summed E-state index contributed by atoms with van der Waals surface area (Å²) in [6, 6.07) is 15.3. The molecule has 3 aromatic rings. The van der Waals surface area contributed by atoms with Crippen LogP contribution in [-0.2, 0) is 0 Å². The molecule has 2 nitrogen and oxygen atoms in total. The molecule has 3 heteroatoms. The SMILES string of the molecule is Cc1ccc2c(-c3cc[c]([Ge]([CH3])([CH3])[CH3])cc3)ncnc2c1. The van der Waals surface area contributed by atoms with Gasteiger partial charge in [0.1, 0.15) is 0 Å². The Bertz CT molecular complexity index is 786. The van der Waals surface area contributed by atoms with Crippen molar-refractivity contribution >= 4 is 28.6 Å². The average Bonchev–Trinajstić information content (AvgIpc) is 2.45. The summed E-state index contributed by atoms with van der Waals surface area (Å²) < 4.78 is 1.52. The van der Waals surface area contributed by atoms with E-state index in [0.717, 1.165) is 16.6 Å². The third-order valence-electron chi connectivity index (χ3n) is 3.82. The molecule has 0 aliphatic carbocycles. The molecule has 0 unspecified atom stereocenters. The van der Waals surface area contributed by atoms with Gasteiger partial charge in [0.15, 0.2) is 0 Å². The summed E-state index contributed by atoms with van der Waals surface area (Å²) in [5, 5.41) is 1.12. The molecule has 3 rings (SSSR count). The number of aryl methyl sites for hydroxylation is 1. The zero-order chi connectivity index (χ0) is 15.0. The quantitative estimate of drug-likeness (QED) is 0.657. The summed E-state index contributed by atoms with van der Waals surface area (Å²) in [6.07, 6.45) is 1.66. The maximum absolute atomic E-state index is 4.50. The van der Waals surface area contributed by atoms with Crippen molar-refractivity contribution in [2.45, 2.75) is 24.2 Å². The molecule has 0 bridgehead atoms. The van der Waals surface area contributed by atoms with Crippen molar-refractivity contribution in [2.24, 2.45) is 0 Å². The summed E-state index contributed by atoms with van der Waals surface area (Å²) in [4.78, 5) is 8.89. The molecule has 0 N–H and O–H groups in total. The van der Waals surface area contributed by atoms with Crippen molar-refractivity contribution in [2.75, 3.05) is 0 Å². The first-order chi connectivity index (χ1) is 9.95. The van der Waals surface area contributed by atoms with Gasteiger partial charge in [0.25, 0.3) is 0 Å². The molecule has 0 aliphatic rings. The van der Waals surface area contributed by atoms with Crippen LogP contribution in [-0.4, -0.2) is 23.2 Å². The van der Waals surface area contributed by atoms with E-state index in [0.29, 0.717) is 0 Å². The van der Waals surface area contributed by atoms with Gasteiger partial charge in [-0.1, -0.05) is 0 Å². The van der Waals surface area contributed by atoms with Crippen molar-refractivity contribution in [3.8, 4) is 11.3 Å². The van der Waals surface area contributed by atoms with Crippen molar-refractivity contribution in [1.82, 2.24) is 9.97 Å². The van der Waals surface area contributed by atoms with E-state index in [4.69, 9.17) is 0 Å². The second kappa shape index (κ2) is 5.26. The molecule has 21 heavy (non-hydrogen) atoms. The number of benzene rings is 2. The van der Waals surface area contributed by atoms with Crippen LogP contribution in [0.5, 0.6) is 0 Å². The molecule has 0 radical (unpaired) electrons. The van der Waals surface area contributed by atoms with Crippen LogP contribution in [0.4, 0.5) is 0 Å². The van der Waals surface area contributed by atoms with Crippen LogP contribution in [0.15, 0.2) is 48.8 Å². The summed E-state index contributed by atoms with van der Waals surface area (Å²) in [7, 11) is 0. The number of aromatic nitrogens is 2. The molecule has 0 spiro atoms. The van der Waals surface area contributed by atoms with Crippen LogP contribution in [0, 0.1) is 6.92 Å². The Hall–Kier alpha value is -1.68. The molecule has 0 saturated carbocycles. The molecule has 0 atom stereocenters. The Kier molecular flexibility index (Phi) is 3.58. The van der Waals surface area contributed by atoms with Crippen molar-refractivity contribution in [3.05, 3.63) is 54.4 Å². The van der Waals surface area contributed by atoms with Crippen LogP contribution < -0.4 is 4.40 Å². The van der Waals surface area contributed by atoms with Crippen LogP contribution in [0.1, 0.15) is 5.56 Å². The van der Waals surface area contributed by atoms with Crippen LogP contribution in [0.25, 0.3) is 22.2 Å². The van der Waals surface area contributed by atoms with Crippen LogP contribution in [0.3, 0.4) is 0 Å². The van der Waals surface area contributed by atoms with Gasteiger partial charge in [-0.3, -0.25) is 0 Å². The van der Waals surface area contributed by atoms with Gasteiger partial charge in [-0.25, -0.2) is 0 Å². The molecular weight excluding hydrogens is 317 g/mol. The van der Waals surface area contributed by atoms with E-state index in [1.807, 2.05) is 0 Å². The molecule has 0 fully saturated rings. The third-order valence-corrected chi connectivity index (χ3v) is 8.15. The van der Waals surface area contributed by atoms with E-state index in [9.17, 15) is 0 Å². The number of hydrogen-bond donors (Lipinski definition) is 0. The Morgan fingerprint density at radius 3 is 2.24 bits per heavy atom. The fourth-order valence-electron chi connectivity index (χ4n) is 2.53. The Morgan fingerprint density at radius 1 is 0.857 bits per heavy atom. The summed E-state index contributed by atoms with van der Waals surface area (Å²) >= 11 is -1.75. The van der Waals surface area contributed by atoms with E-state index in [-0.39, 0.29) is 0 Å².